The molecule has 1 aromatic heterocycles. The van der Waals surface area contributed by atoms with Gasteiger partial charge in [0.15, 0.2) is 0 Å². The summed E-state index contributed by atoms with van der Waals surface area (Å²) in [5, 5.41) is 21.6. The van der Waals surface area contributed by atoms with Gasteiger partial charge in [-0.2, -0.15) is 0 Å². The average molecular weight is 335 g/mol. The molecule has 0 atom stereocenters. The van der Waals surface area contributed by atoms with Crippen LogP contribution >= 0.6 is 0 Å². The van der Waals surface area contributed by atoms with Crippen molar-refractivity contribution in [1.29, 1.82) is 0 Å². The molecule has 0 fully saturated rings. The Bertz CT molecular complexity index is 819. The number of aromatic nitrogens is 2. The lowest BCUT2D eigenvalue weighted by atomic mass is 10.1. The second kappa shape index (κ2) is 8.26. The number of benzene rings is 2. The van der Waals surface area contributed by atoms with E-state index in [1.54, 1.807) is 18.3 Å². The van der Waals surface area contributed by atoms with Crippen molar-refractivity contribution in [3.05, 3.63) is 71.9 Å². The summed E-state index contributed by atoms with van der Waals surface area (Å²) in [7, 11) is 0. The minimum Gasteiger partial charge on any atom is -0.508 e. The normalized spacial score (nSPS) is 10.6. The van der Waals surface area contributed by atoms with Crippen molar-refractivity contribution in [1.82, 2.24) is 9.97 Å². The maximum Gasteiger partial charge on any atom is 0.223 e. The van der Waals surface area contributed by atoms with Gasteiger partial charge >= 0.3 is 0 Å². The van der Waals surface area contributed by atoms with E-state index in [2.05, 4.69) is 15.3 Å². The van der Waals surface area contributed by atoms with Crippen LogP contribution < -0.4 is 5.32 Å². The van der Waals surface area contributed by atoms with Gasteiger partial charge in [0.2, 0.25) is 5.95 Å². The van der Waals surface area contributed by atoms with E-state index in [4.69, 9.17) is 5.11 Å². The van der Waals surface area contributed by atoms with Crippen molar-refractivity contribution in [3.8, 4) is 17.0 Å². The van der Waals surface area contributed by atoms with E-state index in [1.165, 1.54) is 0 Å². The Labute approximate surface area is 147 Å². The number of phenols is 1. The first-order valence-electron chi connectivity index (χ1n) is 8.29. The molecule has 0 amide bonds. The van der Waals surface area contributed by atoms with Crippen molar-refractivity contribution in [2.75, 3.05) is 18.5 Å². The summed E-state index contributed by atoms with van der Waals surface area (Å²) < 4.78 is 0. The lowest BCUT2D eigenvalue weighted by Gasteiger charge is -2.08. The molecule has 3 rings (SSSR count). The van der Waals surface area contributed by atoms with E-state index in [-0.39, 0.29) is 12.4 Å². The SMILES string of the molecule is OCCc1cccc(-c2ccnc(NCCc3ccc(O)cc3)n2)c1. The zero-order valence-corrected chi connectivity index (χ0v) is 13.9. The van der Waals surface area contributed by atoms with Gasteiger partial charge in [0.1, 0.15) is 5.75 Å². The number of nitrogens with zero attached hydrogens (tertiary/aromatic N) is 2. The number of hydrogen-bond donors (Lipinski definition) is 3. The number of aliphatic hydroxyl groups excluding tert-OH is 1. The zero-order chi connectivity index (χ0) is 17.5. The highest BCUT2D eigenvalue weighted by Gasteiger charge is 2.04. The quantitative estimate of drug-likeness (QED) is 0.618. The number of rotatable bonds is 7. The van der Waals surface area contributed by atoms with Crippen molar-refractivity contribution in [3.63, 3.8) is 0 Å². The van der Waals surface area contributed by atoms with Crippen LogP contribution in [0.1, 0.15) is 11.1 Å². The van der Waals surface area contributed by atoms with Gasteiger partial charge in [0.05, 0.1) is 5.69 Å². The molecule has 0 aliphatic carbocycles. The highest BCUT2D eigenvalue weighted by atomic mass is 16.3. The van der Waals surface area contributed by atoms with Gasteiger partial charge in [-0.15, -0.1) is 0 Å². The molecule has 0 saturated heterocycles. The number of aliphatic hydroxyl groups is 1. The van der Waals surface area contributed by atoms with E-state index in [1.807, 2.05) is 42.5 Å². The molecule has 0 aliphatic heterocycles. The van der Waals surface area contributed by atoms with E-state index < -0.39 is 0 Å². The van der Waals surface area contributed by atoms with Gasteiger partial charge < -0.3 is 15.5 Å². The van der Waals surface area contributed by atoms with E-state index in [0.717, 1.165) is 28.8 Å². The lowest BCUT2D eigenvalue weighted by molar-refractivity contribution is 0.299. The lowest BCUT2D eigenvalue weighted by Crippen LogP contribution is -2.08. The monoisotopic (exact) mass is 335 g/mol. The first-order valence-corrected chi connectivity index (χ1v) is 8.29. The highest BCUT2D eigenvalue weighted by molar-refractivity contribution is 5.60. The summed E-state index contributed by atoms with van der Waals surface area (Å²) >= 11 is 0. The number of anilines is 1. The molecule has 0 aliphatic rings. The van der Waals surface area contributed by atoms with Gasteiger partial charge in [0.25, 0.3) is 0 Å². The molecule has 5 heteroatoms. The molecule has 3 N–H and O–H groups in total. The molecular weight excluding hydrogens is 314 g/mol. The van der Waals surface area contributed by atoms with Gasteiger partial charge in [-0.05, 0) is 48.2 Å². The van der Waals surface area contributed by atoms with Crippen LogP contribution in [-0.4, -0.2) is 33.3 Å². The summed E-state index contributed by atoms with van der Waals surface area (Å²) in [6.07, 6.45) is 3.19. The second-order valence-electron chi connectivity index (χ2n) is 5.78. The Morgan fingerprint density at radius 3 is 2.56 bits per heavy atom. The largest absolute Gasteiger partial charge is 0.508 e. The maximum atomic E-state index is 9.30. The van der Waals surface area contributed by atoms with Crippen molar-refractivity contribution in [2.45, 2.75) is 12.8 Å². The molecule has 0 saturated carbocycles. The Balaban J connectivity index is 1.65. The standard InChI is InChI=1S/C20H21N3O2/c24-13-10-16-2-1-3-17(14-16)19-9-12-22-20(23-19)21-11-8-15-4-6-18(25)7-5-15/h1-7,9,12,14,24-25H,8,10-11,13H2,(H,21,22,23). The average Bonchev–Trinajstić information content (AvgIpc) is 2.64. The van der Waals surface area contributed by atoms with Crippen molar-refractivity contribution >= 4 is 5.95 Å². The summed E-state index contributed by atoms with van der Waals surface area (Å²) in [4.78, 5) is 8.83. The minimum atomic E-state index is 0.136. The molecule has 25 heavy (non-hydrogen) atoms. The summed E-state index contributed by atoms with van der Waals surface area (Å²) in [6, 6.07) is 17.1. The van der Waals surface area contributed by atoms with Gasteiger partial charge in [-0.1, -0.05) is 30.3 Å². The molecule has 1 heterocycles. The van der Waals surface area contributed by atoms with Gasteiger partial charge in [-0.25, -0.2) is 9.97 Å². The third-order valence-electron chi connectivity index (χ3n) is 3.91. The first kappa shape index (κ1) is 16.9. The molecule has 0 unspecified atom stereocenters. The molecule has 3 aromatic rings. The van der Waals surface area contributed by atoms with E-state index in [9.17, 15) is 5.11 Å². The van der Waals surface area contributed by atoms with Crippen molar-refractivity contribution in [2.24, 2.45) is 0 Å². The van der Waals surface area contributed by atoms with Crippen LogP contribution in [0.4, 0.5) is 5.95 Å². The fourth-order valence-corrected chi connectivity index (χ4v) is 2.60. The number of aromatic hydroxyl groups is 1. The number of nitrogens with one attached hydrogen (secondary N) is 1. The van der Waals surface area contributed by atoms with Crippen LogP contribution in [0.3, 0.4) is 0 Å². The number of phenolic OH excluding ortho intramolecular Hbond substituents is 1. The fourth-order valence-electron chi connectivity index (χ4n) is 2.60. The van der Waals surface area contributed by atoms with Gasteiger partial charge in [0, 0.05) is 24.9 Å². The fraction of sp³-hybridized carbons (Fsp3) is 0.200. The van der Waals surface area contributed by atoms with Crippen LogP contribution in [-0.2, 0) is 12.8 Å². The molecule has 0 radical (unpaired) electrons. The summed E-state index contributed by atoms with van der Waals surface area (Å²) in [5.41, 5.74) is 4.08. The highest BCUT2D eigenvalue weighted by Crippen LogP contribution is 2.19. The predicted octanol–water partition coefficient (Wildman–Crippen LogP) is 3.04. The summed E-state index contributed by atoms with van der Waals surface area (Å²) in [6.45, 7) is 0.843. The predicted molar refractivity (Wildman–Crippen MR) is 98.6 cm³/mol. The third kappa shape index (κ3) is 4.78. The van der Waals surface area contributed by atoms with Crippen LogP contribution in [0.25, 0.3) is 11.3 Å². The first-order chi connectivity index (χ1) is 12.2. The van der Waals surface area contributed by atoms with E-state index in [0.29, 0.717) is 18.9 Å². The van der Waals surface area contributed by atoms with E-state index >= 15 is 0 Å². The molecule has 2 aromatic carbocycles. The molecule has 0 bridgehead atoms. The van der Waals surface area contributed by atoms with Crippen LogP contribution in [0.5, 0.6) is 5.75 Å². The zero-order valence-electron chi connectivity index (χ0n) is 13.9. The Hall–Kier alpha value is -2.92. The Kier molecular flexibility index (Phi) is 5.59. The molecular formula is C20H21N3O2. The number of hydrogen-bond acceptors (Lipinski definition) is 5. The summed E-state index contributed by atoms with van der Waals surface area (Å²) in [5.74, 6) is 0.861. The van der Waals surface area contributed by atoms with Crippen LogP contribution in [0.2, 0.25) is 0 Å². The van der Waals surface area contributed by atoms with Crippen LogP contribution in [0.15, 0.2) is 60.8 Å². The smallest absolute Gasteiger partial charge is 0.223 e. The molecule has 128 valence electrons. The third-order valence-corrected chi connectivity index (χ3v) is 3.91. The molecule has 5 nitrogen and oxygen atoms in total. The maximum absolute atomic E-state index is 9.30. The Morgan fingerprint density at radius 2 is 1.76 bits per heavy atom. The van der Waals surface area contributed by atoms with Gasteiger partial charge in [-0.3, -0.25) is 0 Å². The van der Waals surface area contributed by atoms with Crippen LogP contribution in [0, 0.1) is 0 Å². The molecule has 0 spiro atoms. The minimum absolute atomic E-state index is 0.136. The van der Waals surface area contributed by atoms with Crippen molar-refractivity contribution < 1.29 is 10.2 Å². The topological polar surface area (TPSA) is 78.3 Å². The Morgan fingerprint density at radius 1 is 0.920 bits per heavy atom. The second-order valence-corrected chi connectivity index (χ2v) is 5.78.